The van der Waals surface area contributed by atoms with E-state index >= 15 is 0 Å². The van der Waals surface area contributed by atoms with Gasteiger partial charge in [-0.3, -0.25) is 14.4 Å². The van der Waals surface area contributed by atoms with Gasteiger partial charge in [0.1, 0.15) is 18.1 Å². The number of piperidine rings is 2. The van der Waals surface area contributed by atoms with Gasteiger partial charge in [0.2, 0.25) is 17.7 Å². The number of amides is 3. The summed E-state index contributed by atoms with van der Waals surface area (Å²) in [6.07, 6.45) is 6.27. The van der Waals surface area contributed by atoms with E-state index in [4.69, 9.17) is 14.2 Å². The molecule has 2 atom stereocenters. The second kappa shape index (κ2) is 16.3. The minimum Gasteiger partial charge on any atom is -0.496 e. The molecule has 1 spiro atoms. The highest BCUT2D eigenvalue weighted by Gasteiger charge is 2.42. The quantitative estimate of drug-likeness (QED) is 0.433. The molecule has 2 fully saturated rings. The number of para-hydroxylation sites is 2. The third-order valence-corrected chi connectivity index (χ3v) is 10.0. The van der Waals surface area contributed by atoms with Crippen LogP contribution in [0.25, 0.3) is 0 Å². The Morgan fingerprint density at radius 1 is 1.00 bits per heavy atom. The number of rotatable bonds is 9. The summed E-state index contributed by atoms with van der Waals surface area (Å²) < 4.78 is 16.9. The Balaban J connectivity index is 1.16. The lowest BCUT2D eigenvalue weighted by Gasteiger charge is -2.42. The Morgan fingerprint density at radius 2 is 1.78 bits per heavy atom. The molecule has 2 saturated heterocycles. The number of fused-ring (bicyclic) bond motifs is 1. The largest absolute Gasteiger partial charge is 0.496 e. The molecule has 46 heavy (non-hydrogen) atoms. The summed E-state index contributed by atoms with van der Waals surface area (Å²) in [4.78, 5) is 44.3. The minimum absolute atomic E-state index is 0.0207. The summed E-state index contributed by atoms with van der Waals surface area (Å²) in [5.74, 6) is 1.30. The van der Waals surface area contributed by atoms with Gasteiger partial charge in [0.25, 0.3) is 0 Å². The van der Waals surface area contributed by atoms with Crippen LogP contribution in [0.3, 0.4) is 0 Å². The molecule has 2 N–H and O–H groups in total. The normalized spacial score (nSPS) is 22.5. The van der Waals surface area contributed by atoms with Crippen molar-refractivity contribution in [2.75, 3.05) is 66.7 Å². The van der Waals surface area contributed by atoms with Gasteiger partial charge in [-0.05, 0) is 69.3 Å². The van der Waals surface area contributed by atoms with Crippen molar-refractivity contribution in [2.45, 2.75) is 57.4 Å². The van der Waals surface area contributed by atoms with Crippen molar-refractivity contribution < 1.29 is 28.6 Å². The summed E-state index contributed by atoms with van der Waals surface area (Å²) in [7, 11) is 3.22. The van der Waals surface area contributed by atoms with Crippen LogP contribution in [-0.2, 0) is 25.5 Å². The number of carbonyl (C=O) groups excluding carboxylic acids is 3. The molecule has 10 heteroatoms. The Labute approximate surface area is 273 Å². The van der Waals surface area contributed by atoms with Crippen LogP contribution in [0, 0.1) is 11.3 Å². The van der Waals surface area contributed by atoms with Crippen LogP contribution in [-0.4, -0.2) is 94.2 Å². The van der Waals surface area contributed by atoms with E-state index in [0.717, 1.165) is 62.9 Å². The van der Waals surface area contributed by atoms with Crippen LogP contribution < -0.4 is 20.1 Å². The zero-order valence-electron chi connectivity index (χ0n) is 27.4. The first-order valence-electron chi connectivity index (χ1n) is 16.9. The van der Waals surface area contributed by atoms with E-state index < -0.39 is 12.0 Å². The average molecular weight is 635 g/mol. The number of hydrogen-bond acceptors (Lipinski definition) is 7. The minimum atomic E-state index is -0.430. The Morgan fingerprint density at radius 3 is 2.59 bits per heavy atom. The van der Waals surface area contributed by atoms with Gasteiger partial charge in [0.15, 0.2) is 0 Å². The van der Waals surface area contributed by atoms with Gasteiger partial charge in [-0.2, -0.15) is 0 Å². The van der Waals surface area contributed by atoms with Crippen molar-refractivity contribution in [3.8, 4) is 11.5 Å². The number of ether oxygens (including phenoxy) is 3. The molecule has 2 aromatic carbocycles. The average Bonchev–Trinajstić information content (AvgIpc) is 3.08. The number of benzene rings is 2. The summed E-state index contributed by atoms with van der Waals surface area (Å²) in [5.41, 5.74) is 1.71. The molecule has 3 aliphatic rings. The fourth-order valence-electron chi connectivity index (χ4n) is 7.38. The molecule has 0 aliphatic carbocycles. The molecular weight excluding hydrogens is 584 g/mol. The smallest absolute Gasteiger partial charge is 0.226 e. The third kappa shape index (κ3) is 8.01. The van der Waals surface area contributed by atoms with Gasteiger partial charge in [0, 0.05) is 38.7 Å². The van der Waals surface area contributed by atoms with Gasteiger partial charge < -0.3 is 34.6 Å². The van der Waals surface area contributed by atoms with Crippen LogP contribution in [0.5, 0.6) is 11.5 Å². The van der Waals surface area contributed by atoms with E-state index in [1.807, 2.05) is 36.4 Å². The highest BCUT2D eigenvalue weighted by atomic mass is 16.5. The van der Waals surface area contributed by atoms with Crippen LogP contribution in [0.1, 0.15) is 62.1 Å². The Hall–Kier alpha value is -3.63. The van der Waals surface area contributed by atoms with Gasteiger partial charge in [0.05, 0.1) is 37.6 Å². The SMILES string of the molecule is COCCN1C(=O)CC[C@@H](C(=O)NCCN2CCC3(CCCCc4ccccc4OCCNC3=O)CC2)[C@@H]1c1ccccc1OC. The fourth-order valence-corrected chi connectivity index (χ4v) is 7.38. The molecule has 0 unspecified atom stereocenters. The molecule has 2 aromatic rings. The Kier molecular flexibility index (Phi) is 11.9. The zero-order valence-corrected chi connectivity index (χ0v) is 27.4. The second-order valence-electron chi connectivity index (χ2n) is 12.7. The lowest BCUT2D eigenvalue weighted by atomic mass is 9.73. The number of likely N-dealkylation sites (tertiary alicyclic amines) is 2. The molecule has 0 saturated carbocycles. The summed E-state index contributed by atoms with van der Waals surface area (Å²) in [6, 6.07) is 15.4. The van der Waals surface area contributed by atoms with E-state index in [1.54, 1.807) is 19.1 Å². The van der Waals surface area contributed by atoms with Gasteiger partial charge in [-0.15, -0.1) is 0 Å². The van der Waals surface area contributed by atoms with Gasteiger partial charge >= 0.3 is 0 Å². The number of hydrogen-bond donors (Lipinski definition) is 2. The molecular formula is C36H50N4O6. The number of nitrogens with one attached hydrogen (secondary N) is 2. The standard InChI is InChI=1S/C36H50N4O6/c1-44-26-24-40-32(41)15-14-29(33(40)28-11-4-6-13-31(28)45-2)34(42)37-19-23-39-21-17-36(18-22-39)16-8-7-10-27-9-3-5-12-30(27)46-25-20-38-35(36)43/h3-6,9,11-13,29,33H,7-8,10,14-26H2,1-2H3,(H,37,42)(H,38,43)/t29-,33+/m1/s1. The number of nitrogens with zero attached hydrogens (tertiary/aromatic N) is 2. The lowest BCUT2D eigenvalue weighted by Crippen LogP contribution is -2.51. The summed E-state index contributed by atoms with van der Waals surface area (Å²) in [6.45, 7) is 4.61. The zero-order chi connectivity index (χ0) is 32.4. The monoisotopic (exact) mass is 634 g/mol. The first-order chi connectivity index (χ1) is 22.5. The molecule has 250 valence electrons. The van der Waals surface area contributed by atoms with E-state index in [-0.39, 0.29) is 23.1 Å². The third-order valence-electron chi connectivity index (χ3n) is 10.0. The molecule has 3 heterocycles. The molecule has 10 nitrogen and oxygen atoms in total. The summed E-state index contributed by atoms with van der Waals surface area (Å²) >= 11 is 0. The van der Waals surface area contributed by atoms with Crippen molar-refractivity contribution in [2.24, 2.45) is 11.3 Å². The van der Waals surface area contributed by atoms with Crippen LogP contribution in [0.15, 0.2) is 48.5 Å². The molecule has 0 aromatic heterocycles. The van der Waals surface area contributed by atoms with Gasteiger partial charge in [-0.25, -0.2) is 0 Å². The molecule has 5 rings (SSSR count). The molecule has 0 bridgehead atoms. The predicted octanol–water partition coefficient (Wildman–Crippen LogP) is 3.74. The fraction of sp³-hybridized carbons (Fsp3) is 0.583. The van der Waals surface area contributed by atoms with E-state index in [1.165, 1.54) is 5.56 Å². The summed E-state index contributed by atoms with van der Waals surface area (Å²) in [5, 5.41) is 6.34. The van der Waals surface area contributed by atoms with Gasteiger partial charge in [-0.1, -0.05) is 42.8 Å². The Bertz CT molecular complexity index is 1330. The molecule has 0 radical (unpaired) electrons. The predicted molar refractivity (Wildman–Crippen MR) is 176 cm³/mol. The number of carbonyl (C=O) groups is 3. The maximum absolute atomic E-state index is 13.7. The lowest BCUT2D eigenvalue weighted by molar-refractivity contribution is -0.144. The van der Waals surface area contributed by atoms with Crippen LogP contribution >= 0.6 is 0 Å². The van der Waals surface area contributed by atoms with E-state index in [9.17, 15) is 14.4 Å². The second-order valence-corrected chi connectivity index (χ2v) is 12.7. The van der Waals surface area contributed by atoms with Crippen molar-refractivity contribution in [3.05, 3.63) is 59.7 Å². The van der Waals surface area contributed by atoms with E-state index in [2.05, 4.69) is 27.7 Å². The van der Waals surface area contributed by atoms with Crippen molar-refractivity contribution in [1.29, 1.82) is 0 Å². The maximum atomic E-state index is 13.7. The first-order valence-corrected chi connectivity index (χ1v) is 16.9. The highest BCUT2D eigenvalue weighted by Crippen LogP contribution is 2.41. The van der Waals surface area contributed by atoms with Crippen LogP contribution in [0.2, 0.25) is 0 Å². The van der Waals surface area contributed by atoms with Crippen molar-refractivity contribution in [1.82, 2.24) is 20.4 Å². The van der Waals surface area contributed by atoms with Crippen molar-refractivity contribution in [3.63, 3.8) is 0 Å². The van der Waals surface area contributed by atoms with Crippen LogP contribution in [0.4, 0.5) is 0 Å². The molecule has 3 aliphatic heterocycles. The first kappa shape index (κ1) is 33.7. The maximum Gasteiger partial charge on any atom is 0.226 e. The highest BCUT2D eigenvalue weighted by molar-refractivity contribution is 5.85. The molecule has 3 amide bonds. The number of aryl methyl sites for hydroxylation is 1. The van der Waals surface area contributed by atoms with E-state index in [0.29, 0.717) is 58.0 Å². The number of methoxy groups -OCH3 is 2. The topological polar surface area (TPSA) is 109 Å². The van der Waals surface area contributed by atoms with Crippen molar-refractivity contribution >= 4 is 17.7 Å².